The first kappa shape index (κ1) is 34.6. The molecule has 3 rings (SSSR count). The first-order chi connectivity index (χ1) is 20.4. The van der Waals surface area contributed by atoms with E-state index in [0.717, 1.165) is 44.6 Å². The topological polar surface area (TPSA) is 109 Å². The van der Waals surface area contributed by atoms with E-state index in [-0.39, 0.29) is 36.2 Å². The fourth-order valence-corrected chi connectivity index (χ4v) is 5.54. The molecule has 3 aliphatic rings. The van der Waals surface area contributed by atoms with Gasteiger partial charge in [0.1, 0.15) is 11.7 Å². The molecule has 6 atom stereocenters. The molecule has 0 aromatic carbocycles. The molecule has 2 fully saturated rings. The van der Waals surface area contributed by atoms with Crippen LogP contribution in [0.1, 0.15) is 66.7 Å². The highest BCUT2D eigenvalue weighted by Crippen LogP contribution is 2.29. The number of carbonyl (C=O) groups excluding carboxylic acids is 3. The zero-order chi connectivity index (χ0) is 31.6. The summed E-state index contributed by atoms with van der Waals surface area (Å²) in [5, 5.41) is 11.4. The number of nitrogens with zero attached hydrogens (tertiary/aromatic N) is 3. The van der Waals surface area contributed by atoms with E-state index in [1.54, 1.807) is 22.8 Å². The number of likely N-dealkylation sites (tertiary alicyclic amines) is 1. The number of ether oxygens (including phenoxy) is 3. The molecular weight excluding hydrogens is 550 g/mol. The van der Waals surface area contributed by atoms with Gasteiger partial charge in [0.25, 0.3) is 0 Å². The highest BCUT2D eigenvalue weighted by Gasteiger charge is 2.36. The van der Waals surface area contributed by atoms with Gasteiger partial charge < -0.3 is 34.0 Å². The Labute approximate surface area is 257 Å². The lowest BCUT2D eigenvalue weighted by molar-refractivity contribution is -0.150. The van der Waals surface area contributed by atoms with Crippen molar-refractivity contribution in [2.24, 2.45) is 17.8 Å². The largest absolute Gasteiger partial charge is 0.457 e. The number of esters is 1. The molecule has 3 aliphatic heterocycles. The highest BCUT2D eigenvalue weighted by molar-refractivity contribution is 5.70. The van der Waals surface area contributed by atoms with Gasteiger partial charge in [-0.3, -0.25) is 4.79 Å². The maximum Gasteiger partial charge on any atom is 0.410 e. The van der Waals surface area contributed by atoms with E-state index < -0.39 is 23.9 Å². The zero-order valence-corrected chi connectivity index (χ0v) is 27.0. The maximum atomic E-state index is 13.0. The predicted octanol–water partition coefficient (Wildman–Crippen LogP) is 4.79. The molecule has 0 aromatic heterocycles. The third-order valence-electron chi connectivity index (χ3n) is 8.67. The van der Waals surface area contributed by atoms with Crippen molar-refractivity contribution in [3.8, 4) is 0 Å². The van der Waals surface area contributed by atoms with Crippen LogP contribution in [-0.2, 0) is 19.0 Å². The highest BCUT2D eigenvalue weighted by atomic mass is 16.6. The van der Waals surface area contributed by atoms with Crippen molar-refractivity contribution < 1.29 is 33.7 Å². The Balaban J connectivity index is 1.71. The number of amides is 2. The summed E-state index contributed by atoms with van der Waals surface area (Å²) in [6, 6.07) is 0. The van der Waals surface area contributed by atoms with Crippen LogP contribution in [0.5, 0.6) is 0 Å². The van der Waals surface area contributed by atoms with Gasteiger partial charge in [0.2, 0.25) is 0 Å². The molecule has 0 bridgehead atoms. The second-order valence-corrected chi connectivity index (χ2v) is 13.0. The monoisotopic (exact) mass is 603 g/mol. The molecule has 0 aromatic rings. The average Bonchev–Trinajstić information content (AvgIpc) is 3.50. The molecule has 10 heteroatoms. The van der Waals surface area contributed by atoms with Crippen LogP contribution in [0.3, 0.4) is 0 Å². The number of aliphatic hydroxyl groups is 1. The second kappa shape index (κ2) is 16.3. The fourth-order valence-electron chi connectivity index (χ4n) is 5.54. The molecule has 242 valence electrons. The Morgan fingerprint density at radius 3 is 2.42 bits per heavy atom. The lowest BCUT2D eigenvalue weighted by Crippen LogP contribution is -2.50. The molecule has 0 spiro atoms. The summed E-state index contributed by atoms with van der Waals surface area (Å²) in [5.41, 5.74) is -0.446. The number of carbonyl (C=O) groups is 3. The van der Waals surface area contributed by atoms with E-state index >= 15 is 0 Å². The summed E-state index contributed by atoms with van der Waals surface area (Å²) in [6.45, 7) is 14.0. The Bertz CT molecular complexity index is 1030. The van der Waals surface area contributed by atoms with E-state index in [9.17, 15) is 19.5 Å². The number of likely N-dealkylation sites (N-methyl/N-ethyl adjacent to an activating group) is 1. The van der Waals surface area contributed by atoms with E-state index in [2.05, 4.69) is 4.90 Å². The Hall–Kier alpha value is -2.85. The van der Waals surface area contributed by atoms with Gasteiger partial charge in [0, 0.05) is 57.5 Å². The minimum Gasteiger partial charge on any atom is -0.457 e. The number of hydrogen-bond donors (Lipinski definition) is 1. The zero-order valence-electron chi connectivity index (χ0n) is 27.0. The van der Waals surface area contributed by atoms with E-state index in [0.29, 0.717) is 32.5 Å². The smallest absolute Gasteiger partial charge is 0.410 e. The molecule has 0 unspecified atom stereocenters. The number of rotatable bonds is 6. The van der Waals surface area contributed by atoms with Crippen LogP contribution in [0, 0.1) is 17.8 Å². The van der Waals surface area contributed by atoms with Crippen molar-refractivity contribution in [2.75, 3.05) is 52.9 Å². The summed E-state index contributed by atoms with van der Waals surface area (Å²) in [5.74, 6) is -0.524. The molecule has 3 heterocycles. The van der Waals surface area contributed by atoms with Crippen LogP contribution in [0.2, 0.25) is 0 Å². The van der Waals surface area contributed by atoms with E-state index in [4.69, 9.17) is 14.2 Å². The van der Waals surface area contributed by atoms with Gasteiger partial charge >= 0.3 is 18.2 Å². The van der Waals surface area contributed by atoms with Crippen molar-refractivity contribution in [3.63, 3.8) is 0 Å². The van der Waals surface area contributed by atoms with Gasteiger partial charge in [0.15, 0.2) is 6.10 Å². The van der Waals surface area contributed by atoms with Crippen LogP contribution < -0.4 is 0 Å². The van der Waals surface area contributed by atoms with Gasteiger partial charge in [-0.25, -0.2) is 9.59 Å². The Morgan fingerprint density at radius 1 is 1.09 bits per heavy atom. The van der Waals surface area contributed by atoms with E-state index in [1.807, 2.05) is 59.0 Å². The lowest BCUT2D eigenvalue weighted by atomic mass is 9.87. The quantitative estimate of drug-likeness (QED) is 0.200. The summed E-state index contributed by atoms with van der Waals surface area (Å²) >= 11 is 0. The summed E-state index contributed by atoms with van der Waals surface area (Å²) in [6.07, 6.45) is 10.5. The first-order valence-electron chi connectivity index (χ1n) is 15.9. The molecule has 43 heavy (non-hydrogen) atoms. The molecule has 0 radical (unpaired) electrons. The lowest BCUT2D eigenvalue weighted by Gasteiger charge is -2.36. The molecule has 0 aliphatic carbocycles. The SMILES string of the molecule is C/C(=C\C=C\[C@@H](C)COC(=O)N1CCCC1)[C@H]1OC(=O)C[C@@H](C)CC[C@@](C)(O)[C@@H](OC(=O)N2CCN(C)CC2)/C=C/[C@@H]1C. The normalized spacial score (nSPS) is 31.6. The van der Waals surface area contributed by atoms with Crippen molar-refractivity contribution in [3.05, 3.63) is 36.0 Å². The molecular formula is C33H53N3O7. The molecule has 0 saturated carbocycles. The summed E-state index contributed by atoms with van der Waals surface area (Å²) in [7, 11) is 2.02. The van der Waals surface area contributed by atoms with Gasteiger partial charge in [-0.05, 0) is 64.1 Å². The second-order valence-electron chi connectivity index (χ2n) is 13.0. The van der Waals surface area contributed by atoms with Gasteiger partial charge in [-0.2, -0.15) is 0 Å². The van der Waals surface area contributed by atoms with Gasteiger partial charge in [-0.15, -0.1) is 0 Å². The van der Waals surface area contributed by atoms with Crippen molar-refractivity contribution in [1.29, 1.82) is 0 Å². The van der Waals surface area contributed by atoms with E-state index in [1.165, 1.54) is 0 Å². The molecule has 2 amide bonds. The first-order valence-corrected chi connectivity index (χ1v) is 15.9. The van der Waals surface area contributed by atoms with Gasteiger partial charge in [0.05, 0.1) is 6.61 Å². The Morgan fingerprint density at radius 2 is 1.74 bits per heavy atom. The third-order valence-corrected chi connectivity index (χ3v) is 8.67. The average molecular weight is 604 g/mol. The molecule has 2 saturated heterocycles. The molecule has 1 N–H and O–H groups in total. The summed E-state index contributed by atoms with van der Waals surface area (Å²) in [4.78, 5) is 43.7. The number of allylic oxidation sites excluding steroid dienone is 2. The third kappa shape index (κ3) is 11.0. The number of hydrogen-bond acceptors (Lipinski definition) is 8. The van der Waals surface area contributed by atoms with Crippen molar-refractivity contribution >= 4 is 18.2 Å². The standard InChI is InChI=1S/C33H53N3O7/c1-24-14-15-33(5,40)28(42-32(39)36-20-18-34(6)19-21-36)13-12-27(4)30(43-29(37)22-24)26(3)11-9-10-25(2)23-41-31(38)35-16-7-8-17-35/h9-13,24-25,27-28,30,40H,7-8,14-23H2,1-6H3/b10-9+,13-12+,26-11+/t24-,25+,27-,28-,30+,33+/m0/s1. The number of piperazine rings is 1. The van der Waals surface area contributed by atoms with Gasteiger partial charge in [-0.1, -0.05) is 45.1 Å². The van der Waals surface area contributed by atoms with Crippen molar-refractivity contribution in [2.45, 2.75) is 84.5 Å². The minimum absolute atomic E-state index is 0.0133. The summed E-state index contributed by atoms with van der Waals surface area (Å²) < 4.78 is 17.3. The number of cyclic esters (lactones) is 1. The predicted molar refractivity (Wildman–Crippen MR) is 165 cm³/mol. The van der Waals surface area contributed by atoms with Crippen LogP contribution in [0.15, 0.2) is 36.0 Å². The van der Waals surface area contributed by atoms with Crippen LogP contribution in [0.25, 0.3) is 0 Å². The van der Waals surface area contributed by atoms with Crippen LogP contribution in [0.4, 0.5) is 9.59 Å². The molecule has 10 nitrogen and oxygen atoms in total. The van der Waals surface area contributed by atoms with Crippen LogP contribution >= 0.6 is 0 Å². The maximum absolute atomic E-state index is 13.0. The fraction of sp³-hybridized carbons (Fsp3) is 0.727. The minimum atomic E-state index is -1.30. The van der Waals surface area contributed by atoms with Crippen LogP contribution in [-0.4, -0.2) is 109 Å². The van der Waals surface area contributed by atoms with Crippen molar-refractivity contribution in [1.82, 2.24) is 14.7 Å². The Kier molecular flexibility index (Phi) is 13.1.